The highest BCUT2D eigenvalue weighted by Gasteiger charge is 2.34. The molecule has 0 bridgehead atoms. The molecule has 0 aromatic heterocycles. The van der Waals surface area contributed by atoms with Crippen LogP contribution in [0.3, 0.4) is 0 Å². The van der Waals surface area contributed by atoms with Crippen molar-refractivity contribution in [3.05, 3.63) is 0 Å². The number of ketones is 1. The first kappa shape index (κ1) is 14.3. The summed E-state index contributed by atoms with van der Waals surface area (Å²) in [6, 6.07) is 0. The fourth-order valence-electron chi connectivity index (χ4n) is 1.04. The average Bonchev–Trinajstić information content (AvgIpc) is 2.17. The molecule has 0 aromatic rings. The molecule has 1 N–H and O–H groups in total. The van der Waals surface area contributed by atoms with Crippen LogP contribution in [0.5, 0.6) is 0 Å². The molecule has 0 aliphatic carbocycles. The molecule has 0 saturated carbocycles. The van der Waals surface area contributed by atoms with Gasteiger partial charge in [0.25, 0.3) is 0 Å². The number of carbonyl (C=O) groups excluding carboxylic acids is 3. The predicted molar refractivity (Wildman–Crippen MR) is 55.2 cm³/mol. The molecule has 16 heavy (non-hydrogen) atoms. The minimum Gasteiger partial charge on any atom is -0.465 e. The predicted octanol–water partition coefficient (Wildman–Crippen LogP) is 0.338. The van der Waals surface area contributed by atoms with Gasteiger partial charge in [0.1, 0.15) is 11.5 Å². The van der Waals surface area contributed by atoms with Crippen molar-refractivity contribution in [2.75, 3.05) is 13.2 Å². The number of rotatable bonds is 6. The highest BCUT2D eigenvalue weighted by Crippen LogP contribution is 2.06. The molecule has 0 aromatic carbocycles. The summed E-state index contributed by atoms with van der Waals surface area (Å²) in [5.41, 5.74) is -0.687. The second-order valence-electron chi connectivity index (χ2n) is 2.93. The molecule has 90 valence electrons. The lowest BCUT2D eigenvalue weighted by Crippen LogP contribution is -2.37. The summed E-state index contributed by atoms with van der Waals surface area (Å²) in [5.74, 6) is -3.97. The zero-order valence-electron chi connectivity index (χ0n) is 9.53. The molecule has 1 unspecified atom stereocenters. The van der Waals surface area contributed by atoms with Gasteiger partial charge in [0, 0.05) is 0 Å². The third kappa shape index (κ3) is 3.80. The lowest BCUT2D eigenvalue weighted by atomic mass is 9.99. The molecule has 0 radical (unpaired) electrons. The lowest BCUT2D eigenvalue weighted by molar-refractivity contribution is -0.149. The Bertz CT molecular complexity index is 310. The molecule has 0 rings (SSSR count). The Morgan fingerprint density at radius 1 is 1.12 bits per heavy atom. The topological polar surface area (TPSA) is 93.5 Å². The number of hydrogen-bond donors (Lipinski definition) is 1. The zero-order chi connectivity index (χ0) is 12.7. The summed E-state index contributed by atoms with van der Waals surface area (Å²) in [6.45, 7) is 4.42. The smallest absolute Gasteiger partial charge is 0.353 e. The van der Waals surface area contributed by atoms with Gasteiger partial charge in [-0.2, -0.15) is 0 Å². The number of hydrogen-bond acceptors (Lipinski definition) is 6. The Balaban J connectivity index is 4.79. The van der Waals surface area contributed by atoms with Crippen LogP contribution in [0.4, 0.5) is 0 Å². The molecule has 6 nitrogen and oxygen atoms in total. The van der Waals surface area contributed by atoms with Gasteiger partial charge in [-0.3, -0.25) is 15.0 Å². The van der Waals surface area contributed by atoms with Crippen molar-refractivity contribution in [2.45, 2.75) is 20.8 Å². The Hall–Kier alpha value is -1.72. The second-order valence-corrected chi connectivity index (χ2v) is 2.93. The van der Waals surface area contributed by atoms with E-state index in [4.69, 9.17) is 5.41 Å². The first-order valence-corrected chi connectivity index (χ1v) is 4.88. The van der Waals surface area contributed by atoms with E-state index in [-0.39, 0.29) is 13.2 Å². The van der Waals surface area contributed by atoms with Crippen LogP contribution in [-0.2, 0) is 23.9 Å². The van der Waals surface area contributed by atoms with E-state index in [1.807, 2.05) is 0 Å². The van der Waals surface area contributed by atoms with Crippen molar-refractivity contribution in [1.82, 2.24) is 0 Å². The number of nitrogens with one attached hydrogen (secondary N) is 1. The highest BCUT2D eigenvalue weighted by atomic mass is 16.5. The first-order valence-electron chi connectivity index (χ1n) is 4.88. The third-order valence-corrected chi connectivity index (χ3v) is 1.71. The molecule has 0 aliphatic heterocycles. The van der Waals surface area contributed by atoms with E-state index in [0.29, 0.717) is 0 Å². The molecule has 0 spiro atoms. The number of carbonyl (C=O) groups is 3. The van der Waals surface area contributed by atoms with Crippen LogP contribution in [0.2, 0.25) is 0 Å². The number of ether oxygens (including phenoxy) is 2. The van der Waals surface area contributed by atoms with Crippen molar-refractivity contribution < 1.29 is 23.9 Å². The fourth-order valence-corrected chi connectivity index (χ4v) is 1.04. The van der Waals surface area contributed by atoms with Crippen LogP contribution in [0.25, 0.3) is 0 Å². The summed E-state index contributed by atoms with van der Waals surface area (Å²) >= 11 is 0. The molecular formula is C10H15NO5. The maximum atomic E-state index is 11.3. The molecular weight excluding hydrogens is 214 g/mol. The van der Waals surface area contributed by atoms with Gasteiger partial charge < -0.3 is 9.47 Å². The molecule has 6 heteroatoms. The quantitative estimate of drug-likeness (QED) is 0.402. The van der Waals surface area contributed by atoms with Crippen molar-refractivity contribution in [3.63, 3.8) is 0 Å². The molecule has 0 fully saturated rings. The minimum atomic E-state index is -1.49. The van der Waals surface area contributed by atoms with Gasteiger partial charge in [0.05, 0.1) is 13.2 Å². The zero-order valence-corrected chi connectivity index (χ0v) is 9.53. The summed E-state index contributed by atoms with van der Waals surface area (Å²) in [4.78, 5) is 33.7. The number of Topliss-reactive ketones (excluding diaryl/α,β-unsaturated/α-hetero) is 1. The van der Waals surface area contributed by atoms with E-state index in [0.717, 1.165) is 6.92 Å². The third-order valence-electron chi connectivity index (χ3n) is 1.71. The van der Waals surface area contributed by atoms with Gasteiger partial charge >= 0.3 is 11.9 Å². The lowest BCUT2D eigenvalue weighted by Gasteiger charge is -2.12. The Kier molecular flexibility index (Phi) is 5.99. The summed E-state index contributed by atoms with van der Waals surface area (Å²) in [5, 5.41) is 7.40. The van der Waals surface area contributed by atoms with Gasteiger partial charge in [0.15, 0.2) is 5.92 Å². The Morgan fingerprint density at radius 2 is 1.62 bits per heavy atom. The van der Waals surface area contributed by atoms with Crippen LogP contribution < -0.4 is 0 Å². The molecule has 0 aliphatic rings. The molecule has 0 amide bonds. The Labute approximate surface area is 93.4 Å². The fraction of sp³-hybridized carbons (Fsp3) is 0.600. The van der Waals surface area contributed by atoms with Gasteiger partial charge in [0.2, 0.25) is 0 Å². The highest BCUT2D eigenvalue weighted by molar-refractivity contribution is 6.44. The van der Waals surface area contributed by atoms with Crippen molar-refractivity contribution >= 4 is 23.4 Å². The van der Waals surface area contributed by atoms with E-state index in [2.05, 4.69) is 9.47 Å². The monoisotopic (exact) mass is 229 g/mol. The largest absolute Gasteiger partial charge is 0.465 e. The van der Waals surface area contributed by atoms with Crippen molar-refractivity contribution in [1.29, 1.82) is 5.41 Å². The van der Waals surface area contributed by atoms with E-state index >= 15 is 0 Å². The summed E-state index contributed by atoms with van der Waals surface area (Å²) in [6.07, 6.45) is 0. The summed E-state index contributed by atoms with van der Waals surface area (Å²) < 4.78 is 9.15. The normalized spacial score (nSPS) is 11.4. The average molecular weight is 229 g/mol. The van der Waals surface area contributed by atoms with Crippen LogP contribution in [-0.4, -0.2) is 36.6 Å². The van der Waals surface area contributed by atoms with Gasteiger partial charge in [-0.25, -0.2) is 4.79 Å². The van der Waals surface area contributed by atoms with Crippen LogP contribution in [0.1, 0.15) is 20.8 Å². The SMILES string of the molecule is CCOC(=O)C(=N)C(C(C)=O)C(=O)OCC. The van der Waals surface area contributed by atoms with Gasteiger partial charge in [-0.05, 0) is 20.8 Å². The van der Waals surface area contributed by atoms with Crippen LogP contribution >= 0.6 is 0 Å². The van der Waals surface area contributed by atoms with E-state index < -0.39 is 29.4 Å². The van der Waals surface area contributed by atoms with Gasteiger partial charge in [-0.1, -0.05) is 0 Å². The first-order chi connectivity index (χ1) is 7.45. The molecule has 1 atom stereocenters. The van der Waals surface area contributed by atoms with Crippen molar-refractivity contribution in [3.8, 4) is 0 Å². The second kappa shape index (κ2) is 6.71. The maximum absolute atomic E-state index is 11.3. The van der Waals surface area contributed by atoms with Crippen molar-refractivity contribution in [2.24, 2.45) is 5.92 Å². The van der Waals surface area contributed by atoms with Crippen LogP contribution in [0, 0.1) is 11.3 Å². The molecule has 0 heterocycles. The van der Waals surface area contributed by atoms with Crippen LogP contribution in [0.15, 0.2) is 0 Å². The number of esters is 2. The molecule has 0 saturated heterocycles. The van der Waals surface area contributed by atoms with E-state index in [9.17, 15) is 14.4 Å². The summed E-state index contributed by atoms with van der Waals surface area (Å²) in [7, 11) is 0. The van der Waals surface area contributed by atoms with Gasteiger partial charge in [-0.15, -0.1) is 0 Å². The standard InChI is InChI=1S/C10H15NO5/c1-4-15-9(13)7(6(3)12)8(11)10(14)16-5-2/h7,11H,4-5H2,1-3H3. The van der Waals surface area contributed by atoms with E-state index in [1.165, 1.54) is 0 Å². The minimum absolute atomic E-state index is 0.0780. The maximum Gasteiger partial charge on any atom is 0.353 e. The Morgan fingerprint density at radius 3 is 2.00 bits per heavy atom. The van der Waals surface area contributed by atoms with E-state index in [1.54, 1.807) is 13.8 Å².